The number of piperazine rings is 1. The summed E-state index contributed by atoms with van der Waals surface area (Å²) in [6, 6.07) is -0.453. The van der Waals surface area contributed by atoms with E-state index in [1.54, 1.807) is 0 Å². The fourth-order valence-electron chi connectivity index (χ4n) is 3.39. The van der Waals surface area contributed by atoms with Crippen LogP contribution in [-0.4, -0.2) is 75.4 Å². The molecule has 0 radical (unpaired) electrons. The van der Waals surface area contributed by atoms with Crippen LogP contribution in [0.4, 0.5) is 18.0 Å². The number of halogens is 3. The van der Waals surface area contributed by atoms with Gasteiger partial charge < -0.3 is 19.7 Å². The molecule has 0 aromatic carbocycles. The van der Waals surface area contributed by atoms with Crippen molar-refractivity contribution in [3.63, 3.8) is 0 Å². The quantitative estimate of drug-likeness (QED) is 0.833. The Kier molecular flexibility index (Phi) is 5.85. The Morgan fingerprint density at radius 3 is 2.67 bits per heavy atom. The minimum absolute atomic E-state index is 0.0774. The Hall–Kier alpha value is -2.33. The van der Waals surface area contributed by atoms with Crippen LogP contribution < -0.4 is 5.32 Å². The molecule has 3 amide bonds. The number of urea groups is 1. The van der Waals surface area contributed by atoms with Crippen molar-refractivity contribution in [3.8, 4) is 0 Å². The van der Waals surface area contributed by atoms with E-state index in [9.17, 15) is 22.8 Å². The lowest BCUT2D eigenvalue weighted by Gasteiger charge is -2.34. The van der Waals surface area contributed by atoms with E-state index in [2.05, 4.69) is 20.1 Å². The van der Waals surface area contributed by atoms with E-state index < -0.39 is 24.7 Å². The predicted molar refractivity (Wildman–Crippen MR) is 88.9 cm³/mol. The van der Waals surface area contributed by atoms with Gasteiger partial charge in [-0.3, -0.25) is 4.79 Å². The maximum Gasteiger partial charge on any atom is 0.406 e. The number of hydrogen-bond donors (Lipinski definition) is 1. The van der Waals surface area contributed by atoms with Crippen LogP contribution in [0.1, 0.15) is 30.9 Å². The number of aromatic nitrogens is 3. The number of aryl methyl sites for hydroxylation is 1. The molecule has 1 aromatic heterocycles. The lowest BCUT2D eigenvalue weighted by Crippen LogP contribution is -2.56. The van der Waals surface area contributed by atoms with Crippen molar-refractivity contribution in [2.45, 2.75) is 44.8 Å². The van der Waals surface area contributed by atoms with Crippen molar-refractivity contribution in [3.05, 3.63) is 11.6 Å². The van der Waals surface area contributed by atoms with Gasteiger partial charge in [0.25, 0.3) is 0 Å². The lowest BCUT2D eigenvalue weighted by atomic mass is 10.2. The summed E-state index contributed by atoms with van der Waals surface area (Å²) in [5.41, 5.74) is 0. The fraction of sp³-hybridized carbons (Fsp3) is 0.750. The van der Waals surface area contributed by atoms with Gasteiger partial charge in [0, 0.05) is 39.0 Å². The summed E-state index contributed by atoms with van der Waals surface area (Å²) in [6.45, 7) is -0.464. The molecule has 0 unspecified atom stereocenters. The van der Waals surface area contributed by atoms with Crippen LogP contribution >= 0.6 is 0 Å². The van der Waals surface area contributed by atoms with Crippen molar-refractivity contribution < 1.29 is 22.8 Å². The maximum atomic E-state index is 12.4. The Labute approximate surface area is 154 Å². The average molecular weight is 388 g/mol. The van der Waals surface area contributed by atoms with Gasteiger partial charge in [0.15, 0.2) is 0 Å². The van der Waals surface area contributed by atoms with Gasteiger partial charge in [-0.25, -0.2) is 4.79 Å². The van der Waals surface area contributed by atoms with E-state index in [0.29, 0.717) is 13.0 Å². The van der Waals surface area contributed by atoms with Crippen LogP contribution in [-0.2, 0) is 24.2 Å². The van der Waals surface area contributed by atoms with Crippen molar-refractivity contribution in [2.24, 2.45) is 0 Å². The largest absolute Gasteiger partial charge is 0.406 e. The normalized spacial score (nSPS) is 18.3. The molecule has 0 aliphatic carbocycles. The Balaban J connectivity index is 1.45. The van der Waals surface area contributed by atoms with E-state index in [0.717, 1.165) is 48.8 Å². The molecule has 0 spiro atoms. The van der Waals surface area contributed by atoms with E-state index in [1.807, 2.05) is 0 Å². The predicted octanol–water partition coefficient (Wildman–Crippen LogP) is 0.963. The molecular formula is C16H23F3N6O2. The topological polar surface area (TPSA) is 83.4 Å². The Bertz CT molecular complexity index is 690. The zero-order valence-corrected chi connectivity index (χ0v) is 15.0. The summed E-state index contributed by atoms with van der Waals surface area (Å²) < 4.78 is 39.3. The first-order valence-electron chi connectivity index (χ1n) is 9.12. The second-order valence-electron chi connectivity index (χ2n) is 6.83. The highest BCUT2D eigenvalue weighted by Gasteiger charge is 2.36. The van der Waals surface area contributed by atoms with Crippen LogP contribution in [0.2, 0.25) is 0 Å². The third-order valence-corrected chi connectivity index (χ3v) is 4.79. The van der Waals surface area contributed by atoms with Crippen molar-refractivity contribution in [1.29, 1.82) is 0 Å². The molecule has 3 heterocycles. The number of alkyl halides is 3. The Morgan fingerprint density at radius 1 is 1.11 bits per heavy atom. The highest BCUT2D eigenvalue weighted by atomic mass is 19.4. The molecule has 0 atom stereocenters. The second-order valence-corrected chi connectivity index (χ2v) is 6.83. The molecule has 1 N–H and O–H groups in total. The van der Waals surface area contributed by atoms with E-state index >= 15 is 0 Å². The molecule has 150 valence electrons. The minimum atomic E-state index is -4.43. The van der Waals surface area contributed by atoms with Crippen LogP contribution in [0.15, 0.2) is 0 Å². The van der Waals surface area contributed by atoms with Crippen LogP contribution in [0.25, 0.3) is 0 Å². The number of nitrogens with zero attached hydrogens (tertiary/aromatic N) is 5. The standard InChI is InChI=1S/C16H23F3N6O2/c17-16(18,19)11-24-9-8-23(10-14(24)26)15(27)20-6-5-13-22-21-12-4-2-1-3-7-25(12)13/h1-11H2,(H,20,27). The number of carbonyl (C=O) groups is 2. The summed E-state index contributed by atoms with van der Waals surface area (Å²) in [5, 5.41) is 11.1. The smallest absolute Gasteiger partial charge is 0.338 e. The third kappa shape index (κ3) is 5.10. The third-order valence-electron chi connectivity index (χ3n) is 4.79. The first-order valence-corrected chi connectivity index (χ1v) is 9.12. The van der Waals surface area contributed by atoms with Gasteiger partial charge in [-0.05, 0) is 12.8 Å². The molecule has 0 saturated carbocycles. The molecule has 27 heavy (non-hydrogen) atoms. The van der Waals surface area contributed by atoms with Gasteiger partial charge >= 0.3 is 12.2 Å². The molecule has 0 bridgehead atoms. The van der Waals surface area contributed by atoms with E-state index in [-0.39, 0.29) is 19.6 Å². The summed E-state index contributed by atoms with van der Waals surface area (Å²) >= 11 is 0. The first-order chi connectivity index (χ1) is 12.8. The van der Waals surface area contributed by atoms with Crippen LogP contribution in [0.3, 0.4) is 0 Å². The molecule has 3 rings (SSSR count). The van der Waals surface area contributed by atoms with E-state index in [1.165, 1.54) is 4.90 Å². The highest BCUT2D eigenvalue weighted by Crippen LogP contribution is 2.18. The van der Waals surface area contributed by atoms with Crippen LogP contribution in [0, 0.1) is 0 Å². The first kappa shape index (κ1) is 19.4. The summed E-state index contributed by atoms with van der Waals surface area (Å²) in [7, 11) is 0. The van der Waals surface area contributed by atoms with Gasteiger partial charge in [0.2, 0.25) is 5.91 Å². The number of fused-ring (bicyclic) bond motifs is 1. The molecule has 1 aromatic rings. The average Bonchev–Trinajstić information content (AvgIpc) is 2.83. The van der Waals surface area contributed by atoms with Crippen molar-refractivity contribution in [2.75, 3.05) is 32.7 Å². The van der Waals surface area contributed by atoms with Gasteiger partial charge in [-0.15, -0.1) is 10.2 Å². The number of rotatable bonds is 4. The monoisotopic (exact) mass is 388 g/mol. The molecule has 2 aliphatic heterocycles. The molecule has 1 fully saturated rings. The van der Waals surface area contributed by atoms with Gasteiger partial charge in [-0.2, -0.15) is 13.2 Å². The molecule has 2 aliphatic rings. The number of carbonyl (C=O) groups excluding carboxylic acids is 2. The highest BCUT2D eigenvalue weighted by molar-refractivity contribution is 5.85. The zero-order valence-electron chi connectivity index (χ0n) is 15.0. The lowest BCUT2D eigenvalue weighted by molar-refractivity contribution is -0.164. The van der Waals surface area contributed by atoms with E-state index in [4.69, 9.17) is 0 Å². The summed E-state index contributed by atoms with van der Waals surface area (Å²) in [5.74, 6) is 1.09. The fourth-order valence-corrected chi connectivity index (χ4v) is 3.39. The molecular weight excluding hydrogens is 365 g/mol. The van der Waals surface area contributed by atoms with Gasteiger partial charge in [-0.1, -0.05) is 6.42 Å². The molecule has 8 nitrogen and oxygen atoms in total. The minimum Gasteiger partial charge on any atom is -0.338 e. The SMILES string of the molecule is O=C1CN(C(=O)NCCc2nnc3n2CCCCC3)CCN1CC(F)(F)F. The Morgan fingerprint density at radius 2 is 1.93 bits per heavy atom. The van der Waals surface area contributed by atoms with Crippen LogP contribution in [0.5, 0.6) is 0 Å². The zero-order chi connectivity index (χ0) is 19.4. The van der Waals surface area contributed by atoms with Crippen molar-refractivity contribution in [1.82, 2.24) is 29.9 Å². The van der Waals surface area contributed by atoms with Gasteiger partial charge in [0.05, 0.1) is 0 Å². The summed E-state index contributed by atoms with van der Waals surface area (Å²) in [4.78, 5) is 26.0. The molecule has 11 heteroatoms. The van der Waals surface area contributed by atoms with Crippen molar-refractivity contribution >= 4 is 11.9 Å². The molecule has 1 saturated heterocycles. The number of amides is 3. The number of hydrogen-bond acceptors (Lipinski definition) is 4. The number of nitrogens with one attached hydrogen (secondary N) is 1. The second kappa shape index (κ2) is 8.13. The van der Waals surface area contributed by atoms with Gasteiger partial charge in [0.1, 0.15) is 24.7 Å². The maximum absolute atomic E-state index is 12.4. The summed E-state index contributed by atoms with van der Waals surface area (Å²) in [6.07, 6.45) is 0.326.